The first kappa shape index (κ1) is 15.7. The van der Waals surface area contributed by atoms with Gasteiger partial charge in [0.2, 0.25) is 0 Å². The number of Topliss-reactive ketones (excluding diaryl/α,β-unsaturated/α-hetero) is 1. The van der Waals surface area contributed by atoms with E-state index >= 15 is 0 Å². The van der Waals surface area contributed by atoms with E-state index in [1.165, 1.54) is 4.68 Å². The van der Waals surface area contributed by atoms with Crippen LogP contribution in [0.5, 0.6) is 0 Å². The molecule has 6 heteroatoms. The minimum atomic E-state index is -0.645. The van der Waals surface area contributed by atoms with Crippen LogP contribution in [0, 0.1) is 5.92 Å². The third kappa shape index (κ3) is 2.99. The topological polar surface area (TPSA) is 87.2 Å². The van der Waals surface area contributed by atoms with Crippen molar-refractivity contribution in [2.45, 2.75) is 45.8 Å². The molecule has 6 nitrogen and oxygen atoms in total. The molecule has 1 aromatic heterocycles. The standard InChI is InChI=1S/C17H21N3O3/c1-17(2,3)23-16(22)20-14-11(9-18)5-4-6-12(14)13(19-20)15(21)10-7-8-10/h4-6,10H,7-9,18H2,1-3H3. The molecule has 0 amide bonds. The van der Waals surface area contributed by atoms with E-state index in [-0.39, 0.29) is 18.2 Å². The van der Waals surface area contributed by atoms with Gasteiger partial charge in [-0.25, -0.2) is 4.79 Å². The van der Waals surface area contributed by atoms with Gasteiger partial charge in [-0.2, -0.15) is 9.78 Å². The second-order valence-electron chi connectivity index (χ2n) is 6.90. The van der Waals surface area contributed by atoms with Crippen LogP contribution in [0.3, 0.4) is 0 Å². The molecule has 1 aliphatic rings. The molecule has 0 unspecified atom stereocenters. The van der Waals surface area contributed by atoms with Crippen molar-refractivity contribution in [1.82, 2.24) is 9.78 Å². The first-order valence-electron chi connectivity index (χ1n) is 7.80. The Hall–Kier alpha value is -2.21. The Balaban J connectivity index is 2.16. The molecule has 1 heterocycles. The number of benzene rings is 1. The van der Waals surface area contributed by atoms with Crippen molar-refractivity contribution < 1.29 is 14.3 Å². The Bertz CT molecular complexity index is 782. The Morgan fingerprint density at radius 3 is 2.61 bits per heavy atom. The zero-order valence-corrected chi connectivity index (χ0v) is 13.6. The highest BCUT2D eigenvalue weighted by Gasteiger charge is 2.34. The maximum atomic E-state index is 12.5. The lowest BCUT2D eigenvalue weighted by molar-refractivity contribution is 0.0522. The smallest absolute Gasteiger partial charge is 0.435 e. The van der Waals surface area contributed by atoms with E-state index in [2.05, 4.69) is 5.10 Å². The van der Waals surface area contributed by atoms with Gasteiger partial charge in [-0.3, -0.25) is 4.79 Å². The Morgan fingerprint density at radius 2 is 2.04 bits per heavy atom. The highest BCUT2D eigenvalue weighted by molar-refractivity contribution is 6.09. The van der Waals surface area contributed by atoms with Crippen molar-refractivity contribution in [1.29, 1.82) is 0 Å². The number of carbonyl (C=O) groups is 2. The van der Waals surface area contributed by atoms with Crippen LogP contribution in [0.15, 0.2) is 18.2 Å². The lowest BCUT2D eigenvalue weighted by atomic mass is 10.1. The molecule has 2 aromatic rings. The highest BCUT2D eigenvalue weighted by atomic mass is 16.6. The second-order valence-corrected chi connectivity index (χ2v) is 6.90. The largest absolute Gasteiger partial charge is 0.442 e. The summed E-state index contributed by atoms with van der Waals surface area (Å²) < 4.78 is 6.59. The fourth-order valence-corrected chi connectivity index (χ4v) is 2.56. The number of rotatable bonds is 3. The number of ether oxygens (including phenoxy) is 1. The minimum absolute atomic E-state index is 0.00789. The van der Waals surface area contributed by atoms with Crippen LogP contribution in [0.2, 0.25) is 0 Å². The predicted molar refractivity (Wildman–Crippen MR) is 86.3 cm³/mol. The molecule has 1 aromatic carbocycles. The van der Waals surface area contributed by atoms with E-state index < -0.39 is 11.7 Å². The molecular weight excluding hydrogens is 294 g/mol. The first-order valence-corrected chi connectivity index (χ1v) is 7.80. The van der Waals surface area contributed by atoms with Crippen molar-refractivity contribution in [2.24, 2.45) is 11.7 Å². The predicted octanol–water partition coefficient (Wildman–Crippen LogP) is 2.87. The maximum Gasteiger partial charge on any atom is 0.435 e. The van der Waals surface area contributed by atoms with E-state index in [1.807, 2.05) is 12.1 Å². The minimum Gasteiger partial charge on any atom is -0.442 e. The molecule has 0 spiro atoms. The summed E-state index contributed by atoms with van der Waals surface area (Å²) in [5, 5.41) is 4.94. The van der Waals surface area contributed by atoms with Crippen LogP contribution < -0.4 is 5.73 Å². The van der Waals surface area contributed by atoms with Gasteiger partial charge in [-0.1, -0.05) is 18.2 Å². The van der Waals surface area contributed by atoms with Gasteiger partial charge in [0.1, 0.15) is 11.3 Å². The number of ketones is 1. The monoisotopic (exact) mass is 315 g/mol. The first-order chi connectivity index (χ1) is 10.8. The number of carbonyl (C=O) groups excluding carboxylic acids is 2. The van der Waals surface area contributed by atoms with Gasteiger partial charge >= 0.3 is 6.09 Å². The Morgan fingerprint density at radius 1 is 1.35 bits per heavy atom. The van der Waals surface area contributed by atoms with Gasteiger partial charge < -0.3 is 10.5 Å². The molecule has 3 rings (SSSR count). The van der Waals surface area contributed by atoms with Crippen LogP contribution in [0.25, 0.3) is 10.9 Å². The molecule has 23 heavy (non-hydrogen) atoms. The Labute approximate surface area is 134 Å². The van der Waals surface area contributed by atoms with Gasteiger partial charge in [0.15, 0.2) is 5.78 Å². The second kappa shape index (κ2) is 5.45. The summed E-state index contributed by atoms with van der Waals surface area (Å²) in [6.45, 7) is 5.62. The lowest BCUT2D eigenvalue weighted by Crippen LogP contribution is -2.28. The van der Waals surface area contributed by atoms with Gasteiger partial charge in [-0.15, -0.1) is 0 Å². The van der Waals surface area contributed by atoms with Gasteiger partial charge in [0.25, 0.3) is 0 Å². The average molecular weight is 315 g/mol. The third-order valence-corrected chi connectivity index (χ3v) is 3.75. The third-order valence-electron chi connectivity index (χ3n) is 3.75. The molecule has 0 atom stereocenters. The molecule has 1 aliphatic carbocycles. The van der Waals surface area contributed by atoms with Crippen molar-refractivity contribution >= 4 is 22.8 Å². The molecule has 1 saturated carbocycles. The molecule has 1 fully saturated rings. The summed E-state index contributed by atoms with van der Waals surface area (Å²) in [4.78, 5) is 25.0. The molecule has 122 valence electrons. The molecule has 2 N–H and O–H groups in total. The number of fused-ring (bicyclic) bond motifs is 1. The zero-order valence-electron chi connectivity index (χ0n) is 13.6. The van der Waals surface area contributed by atoms with Crippen LogP contribution in [0.4, 0.5) is 4.79 Å². The number of hydrogen-bond donors (Lipinski definition) is 1. The van der Waals surface area contributed by atoms with Crippen molar-refractivity contribution in [3.05, 3.63) is 29.5 Å². The van der Waals surface area contributed by atoms with Crippen molar-refractivity contribution in [3.8, 4) is 0 Å². The van der Waals surface area contributed by atoms with Gasteiger partial charge in [0, 0.05) is 17.8 Å². The summed E-state index contributed by atoms with van der Waals surface area (Å²) in [6.07, 6.45) is 1.17. The molecule has 0 bridgehead atoms. The number of para-hydroxylation sites is 1. The number of aromatic nitrogens is 2. The van der Waals surface area contributed by atoms with Crippen LogP contribution >= 0.6 is 0 Å². The maximum absolute atomic E-state index is 12.5. The molecule has 0 radical (unpaired) electrons. The van der Waals surface area contributed by atoms with E-state index in [1.54, 1.807) is 26.8 Å². The van der Waals surface area contributed by atoms with E-state index in [9.17, 15) is 9.59 Å². The molecule has 0 saturated heterocycles. The van der Waals surface area contributed by atoms with Crippen LogP contribution in [0.1, 0.15) is 49.7 Å². The van der Waals surface area contributed by atoms with Gasteiger partial charge in [-0.05, 0) is 39.2 Å². The lowest BCUT2D eigenvalue weighted by Gasteiger charge is -2.19. The highest BCUT2D eigenvalue weighted by Crippen LogP contribution is 2.35. The van der Waals surface area contributed by atoms with E-state index in [0.717, 1.165) is 18.4 Å². The number of nitrogens with zero attached hydrogens (tertiary/aromatic N) is 2. The van der Waals surface area contributed by atoms with Crippen molar-refractivity contribution in [2.75, 3.05) is 0 Å². The van der Waals surface area contributed by atoms with E-state index in [4.69, 9.17) is 10.5 Å². The average Bonchev–Trinajstić information content (AvgIpc) is 3.24. The van der Waals surface area contributed by atoms with E-state index in [0.29, 0.717) is 16.6 Å². The summed E-state index contributed by atoms with van der Waals surface area (Å²) in [5.41, 5.74) is 6.81. The van der Waals surface area contributed by atoms with Crippen molar-refractivity contribution in [3.63, 3.8) is 0 Å². The normalized spacial score (nSPS) is 15.0. The fourth-order valence-electron chi connectivity index (χ4n) is 2.56. The fraction of sp³-hybridized carbons (Fsp3) is 0.471. The SMILES string of the molecule is CC(C)(C)OC(=O)n1nc(C(=O)C2CC2)c2cccc(CN)c21. The quantitative estimate of drug-likeness (QED) is 0.880. The molecular formula is C17H21N3O3. The summed E-state index contributed by atoms with van der Waals surface area (Å²) in [7, 11) is 0. The number of hydrogen-bond acceptors (Lipinski definition) is 5. The van der Waals surface area contributed by atoms with Crippen LogP contribution in [-0.2, 0) is 11.3 Å². The zero-order chi connectivity index (χ0) is 16.8. The Kier molecular flexibility index (Phi) is 3.72. The van der Waals surface area contributed by atoms with Crippen LogP contribution in [-0.4, -0.2) is 27.3 Å². The number of nitrogens with two attached hydrogens (primary N) is 1. The summed E-state index contributed by atoms with van der Waals surface area (Å²) in [6, 6.07) is 5.46. The van der Waals surface area contributed by atoms with Gasteiger partial charge in [0.05, 0.1) is 5.52 Å². The summed E-state index contributed by atoms with van der Waals surface area (Å²) in [5.74, 6) is 0.0215. The molecule has 0 aliphatic heterocycles. The summed E-state index contributed by atoms with van der Waals surface area (Å²) >= 11 is 0.